The number of hydrogen-bond acceptors (Lipinski definition) is 5. The van der Waals surface area contributed by atoms with Gasteiger partial charge in [-0.1, -0.05) is 6.07 Å². The molecule has 0 fully saturated rings. The summed E-state index contributed by atoms with van der Waals surface area (Å²) < 4.78 is 58.4. The fourth-order valence-electron chi connectivity index (χ4n) is 2.59. The number of nitrogens with one attached hydrogen (secondary N) is 1. The highest BCUT2D eigenvalue weighted by Crippen LogP contribution is 2.27. The molecular weight excluding hydrogens is 494 g/mol. The molecule has 3 rings (SSSR count). The van der Waals surface area contributed by atoms with Crippen LogP contribution >= 0.6 is 15.9 Å². The number of alkyl halides is 3. The van der Waals surface area contributed by atoms with Gasteiger partial charge in [0.1, 0.15) is 18.1 Å². The molecule has 0 aliphatic carbocycles. The number of aromatic amines is 1. The third-order valence-electron chi connectivity index (χ3n) is 4.01. The van der Waals surface area contributed by atoms with E-state index in [1.165, 1.54) is 23.2 Å². The molecule has 162 valence electrons. The van der Waals surface area contributed by atoms with Gasteiger partial charge in [-0.2, -0.15) is 13.2 Å². The molecule has 0 aliphatic rings. The molecule has 0 atom stereocenters. The fourth-order valence-corrected chi connectivity index (χ4v) is 2.98. The van der Waals surface area contributed by atoms with Gasteiger partial charge in [-0.3, -0.25) is 14.9 Å². The van der Waals surface area contributed by atoms with E-state index in [0.29, 0.717) is 5.56 Å². The maximum absolute atomic E-state index is 14.5. The van der Waals surface area contributed by atoms with Crippen molar-refractivity contribution in [3.63, 3.8) is 0 Å². The molecular formula is C18H10BrF4N3O5. The molecule has 0 unspecified atom stereocenters. The van der Waals surface area contributed by atoms with E-state index in [4.69, 9.17) is 4.74 Å². The lowest BCUT2D eigenvalue weighted by Gasteiger charge is -2.11. The number of ether oxygens (including phenoxy) is 1. The minimum atomic E-state index is -4.95. The predicted octanol–water partition coefficient (Wildman–Crippen LogP) is 3.93. The fraction of sp³-hybridized carbons (Fsp3) is 0.111. The van der Waals surface area contributed by atoms with Gasteiger partial charge in [-0.15, -0.1) is 0 Å². The number of benzene rings is 2. The molecule has 0 saturated heterocycles. The monoisotopic (exact) mass is 503 g/mol. The Balaban J connectivity index is 1.86. The van der Waals surface area contributed by atoms with Crippen LogP contribution in [0.1, 0.15) is 11.3 Å². The van der Waals surface area contributed by atoms with E-state index in [-0.39, 0.29) is 33.1 Å². The second-order valence-corrected chi connectivity index (χ2v) is 6.96. The van der Waals surface area contributed by atoms with Crippen LogP contribution in [0.3, 0.4) is 0 Å². The lowest BCUT2D eigenvalue weighted by Crippen LogP contribution is -2.36. The van der Waals surface area contributed by atoms with Crippen LogP contribution in [0.4, 0.5) is 23.2 Å². The zero-order valence-corrected chi connectivity index (χ0v) is 16.7. The maximum Gasteiger partial charge on any atom is 0.431 e. The molecule has 2 aromatic carbocycles. The van der Waals surface area contributed by atoms with Gasteiger partial charge in [-0.05, 0) is 39.7 Å². The van der Waals surface area contributed by atoms with Crippen LogP contribution in [-0.4, -0.2) is 14.5 Å². The summed E-state index contributed by atoms with van der Waals surface area (Å²) in [6.07, 6.45) is -4.95. The number of hydrogen-bond donors (Lipinski definition) is 1. The average molecular weight is 504 g/mol. The van der Waals surface area contributed by atoms with Crippen LogP contribution in [-0.2, 0) is 12.8 Å². The third-order valence-corrected chi connectivity index (χ3v) is 4.68. The highest BCUT2D eigenvalue weighted by Gasteiger charge is 2.33. The van der Waals surface area contributed by atoms with E-state index < -0.39 is 39.5 Å². The lowest BCUT2D eigenvalue weighted by molar-refractivity contribution is -0.385. The van der Waals surface area contributed by atoms with E-state index in [1.54, 1.807) is 6.07 Å². The highest BCUT2D eigenvalue weighted by molar-refractivity contribution is 9.10. The van der Waals surface area contributed by atoms with E-state index >= 15 is 0 Å². The zero-order chi connectivity index (χ0) is 22.9. The molecule has 8 nitrogen and oxygen atoms in total. The molecule has 0 radical (unpaired) electrons. The van der Waals surface area contributed by atoms with Crippen molar-refractivity contribution in [2.24, 2.45) is 0 Å². The smallest absolute Gasteiger partial charge is 0.431 e. The number of nitrogens with zero attached hydrogens (tertiary/aromatic N) is 2. The summed E-state index contributed by atoms with van der Waals surface area (Å²) in [6.45, 7) is -0.159. The van der Waals surface area contributed by atoms with Crippen molar-refractivity contribution in [2.45, 2.75) is 12.8 Å². The van der Waals surface area contributed by atoms with E-state index in [0.717, 1.165) is 12.1 Å². The summed E-state index contributed by atoms with van der Waals surface area (Å²) in [5.41, 5.74) is -4.74. The summed E-state index contributed by atoms with van der Waals surface area (Å²) in [5, 5.41) is 11.0. The quantitative estimate of drug-likeness (QED) is 0.322. The maximum atomic E-state index is 14.5. The van der Waals surface area contributed by atoms with Crippen molar-refractivity contribution in [1.82, 2.24) is 9.55 Å². The molecule has 0 saturated carbocycles. The molecule has 1 aromatic heterocycles. The van der Waals surface area contributed by atoms with Gasteiger partial charge >= 0.3 is 11.9 Å². The van der Waals surface area contributed by atoms with Crippen molar-refractivity contribution < 1.29 is 27.2 Å². The van der Waals surface area contributed by atoms with Crippen LogP contribution < -0.4 is 16.0 Å². The van der Waals surface area contributed by atoms with Gasteiger partial charge in [0.05, 0.1) is 15.1 Å². The van der Waals surface area contributed by atoms with Crippen molar-refractivity contribution in [1.29, 1.82) is 0 Å². The Morgan fingerprint density at radius 3 is 2.42 bits per heavy atom. The van der Waals surface area contributed by atoms with Crippen molar-refractivity contribution >= 4 is 21.6 Å². The van der Waals surface area contributed by atoms with Crippen LogP contribution in [0.2, 0.25) is 0 Å². The largest absolute Gasteiger partial charge is 0.489 e. The minimum absolute atomic E-state index is 0.0387. The molecule has 31 heavy (non-hydrogen) atoms. The summed E-state index contributed by atoms with van der Waals surface area (Å²) in [6, 6.07) is 7.40. The van der Waals surface area contributed by atoms with Crippen molar-refractivity contribution in [2.75, 3.05) is 0 Å². The number of H-pyrrole nitrogens is 1. The Morgan fingerprint density at radius 1 is 1.13 bits per heavy atom. The normalized spacial score (nSPS) is 11.4. The number of nitro benzene ring substituents is 1. The molecule has 13 heteroatoms. The van der Waals surface area contributed by atoms with Crippen LogP contribution in [0, 0.1) is 15.9 Å². The molecule has 1 N–H and O–H groups in total. The molecule has 0 aliphatic heterocycles. The predicted molar refractivity (Wildman–Crippen MR) is 103 cm³/mol. The van der Waals surface area contributed by atoms with Crippen molar-refractivity contribution in [3.8, 4) is 11.4 Å². The first-order valence-corrected chi connectivity index (χ1v) is 9.06. The summed E-state index contributed by atoms with van der Waals surface area (Å²) in [5.74, 6) is -1.14. The number of nitro groups is 1. The highest BCUT2D eigenvalue weighted by atomic mass is 79.9. The molecule has 3 aromatic rings. The number of halogens is 5. The van der Waals surface area contributed by atoms with Gasteiger partial charge in [-0.25, -0.2) is 13.8 Å². The Bertz CT molecular complexity index is 1260. The van der Waals surface area contributed by atoms with Crippen LogP contribution in [0.25, 0.3) is 5.69 Å². The molecule has 0 amide bonds. The van der Waals surface area contributed by atoms with E-state index in [2.05, 4.69) is 15.9 Å². The second-order valence-electron chi connectivity index (χ2n) is 6.10. The number of aromatic nitrogens is 2. The topological polar surface area (TPSA) is 107 Å². The Kier molecular flexibility index (Phi) is 5.97. The summed E-state index contributed by atoms with van der Waals surface area (Å²) in [7, 11) is 0. The Morgan fingerprint density at radius 2 is 1.84 bits per heavy atom. The van der Waals surface area contributed by atoms with E-state index in [1.807, 2.05) is 0 Å². The van der Waals surface area contributed by atoms with Gasteiger partial charge < -0.3 is 9.72 Å². The molecule has 0 bridgehead atoms. The summed E-state index contributed by atoms with van der Waals surface area (Å²) >= 11 is 3.04. The average Bonchev–Trinajstić information content (AvgIpc) is 2.67. The zero-order valence-electron chi connectivity index (χ0n) is 15.1. The van der Waals surface area contributed by atoms with Gasteiger partial charge in [0.25, 0.3) is 11.2 Å². The van der Waals surface area contributed by atoms with Gasteiger partial charge in [0, 0.05) is 18.2 Å². The van der Waals surface area contributed by atoms with Crippen molar-refractivity contribution in [3.05, 3.63) is 95.0 Å². The minimum Gasteiger partial charge on any atom is -0.489 e. The Labute approximate surface area is 178 Å². The lowest BCUT2D eigenvalue weighted by atomic mass is 10.2. The molecule has 0 spiro atoms. The molecule has 1 heterocycles. The van der Waals surface area contributed by atoms with Gasteiger partial charge in [0.2, 0.25) is 0 Å². The first-order valence-electron chi connectivity index (χ1n) is 8.26. The second kappa shape index (κ2) is 8.34. The Hall–Kier alpha value is -3.48. The summed E-state index contributed by atoms with van der Waals surface area (Å²) in [4.78, 5) is 35.7. The third kappa shape index (κ3) is 4.82. The standard InChI is InChI=1S/C18H10BrF4N3O5/c19-11-3-1-9(5-14(11)26(29)30)8-31-10-2-4-13(12(20)6-10)25-16(27)7-15(18(21,22)23)24-17(25)28/h1-7H,8H2,(H,24,28). The van der Waals surface area contributed by atoms with Gasteiger partial charge in [0.15, 0.2) is 5.82 Å². The van der Waals surface area contributed by atoms with E-state index in [9.17, 15) is 37.3 Å². The van der Waals surface area contributed by atoms with Crippen LogP contribution in [0.5, 0.6) is 5.75 Å². The first kappa shape index (κ1) is 22.2. The SMILES string of the molecule is O=c1cc(C(F)(F)F)[nH]c(=O)n1-c1ccc(OCc2ccc(Br)c([N+](=O)[O-])c2)cc1F. The first-order chi connectivity index (χ1) is 14.5. The number of rotatable bonds is 5. The van der Waals surface area contributed by atoms with Crippen LogP contribution in [0.15, 0.2) is 56.5 Å².